The van der Waals surface area contributed by atoms with E-state index in [1.807, 2.05) is 0 Å². The smallest absolute Gasteiger partial charge is 0.0187 e. The zero-order chi connectivity index (χ0) is 14.6. The Labute approximate surface area is 146 Å². The summed E-state index contributed by atoms with van der Waals surface area (Å²) >= 11 is 11.0. The molecule has 2 aromatic carbocycles. The second-order valence-corrected chi connectivity index (χ2v) is 7.26. The standard InChI is InChI=1S/C17H17Br3/c1-13-5-7-15(8-6-13)17(11-18,12-19)10-14-3-2-4-16(20)9-14/h2-9H,10-12H2,1H3. The Morgan fingerprint density at radius 1 is 0.950 bits per heavy atom. The lowest BCUT2D eigenvalue weighted by molar-refractivity contribution is 0.551. The fourth-order valence-electron chi connectivity index (χ4n) is 2.33. The topological polar surface area (TPSA) is 0 Å². The Morgan fingerprint density at radius 2 is 1.60 bits per heavy atom. The van der Waals surface area contributed by atoms with E-state index in [1.54, 1.807) is 0 Å². The first kappa shape index (κ1) is 16.3. The summed E-state index contributed by atoms with van der Waals surface area (Å²) in [6.45, 7) is 2.13. The molecule has 20 heavy (non-hydrogen) atoms. The van der Waals surface area contributed by atoms with Crippen molar-refractivity contribution in [3.63, 3.8) is 0 Å². The number of alkyl halides is 2. The number of hydrogen-bond donors (Lipinski definition) is 0. The molecule has 0 aliphatic carbocycles. The van der Waals surface area contributed by atoms with Crippen molar-refractivity contribution in [2.24, 2.45) is 0 Å². The molecule has 2 rings (SSSR count). The molecule has 106 valence electrons. The van der Waals surface area contributed by atoms with Crippen LogP contribution < -0.4 is 0 Å². The van der Waals surface area contributed by atoms with Crippen LogP contribution in [0, 0.1) is 6.92 Å². The summed E-state index contributed by atoms with van der Waals surface area (Å²) in [6, 6.07) is 17.4. The quantitative estimate of drug-likeness (QED) is 0.478. The first-order valence-corrected chi connectivity index (χ1v) is 9.57. The first-order valence-electron chi connectivity index (χ1n) is 6.53. The molecule has 0 N–H and O–H groups in total. The summed E-state index contributed by atoms with van der Waals surface area (Å²) in [7, 11) is 0. The lowest BCUT2D eigenvalue weighted by Gasteiger charge is -2.31. The average molecular weight is 461 g/mol. The normalized spacial score (nSPS) is 11.6. The van der Waals surface area contributed by atoms with Gasteiger partial charge in [-0.1, -0.05) is 89.8 Å². The first-order chi connectivity index (χ1) is 9.59. The highest BCUT2D eigenvalue weighted by molar-refractivity contribution is 9.10. The van der Waals surface area contributed by atoms with Crippen molar-refractivity contribution < 1.29 is 0 Å². The van der Waals surface area contributed by atoms with E-state index >= 15 is 0 Å². The van der Waals surface area contributed by atoms with Gasteiger partial charge in [0.1, 0.15) is 0 Å². The van der Waals surface area contributed by atoms with Crippen LogP contribution in [0.3, 0.4) is 0 Å². The van der Waals surface area contributed by atoms with Gasteiger partial charge in [0.2, 0.25) is 0 Å². The minimum atomic E-state index is 0.0779. The minimum absolute atomic E-state index is 0.0779. The fourth-order valence-corrected chi connectivity index (χ4v) is 4.75. The van der Waals surface area contributed by atoms with Crippen LogP contribution in [0.5, 0.6) is 0 Å². The van der Waals surface area contributed by atoms with Crippen molar-refractivity contribution in [3.05, 3.63) is 69.7 Å². The maximum Gasteiger partial charge on any atom is 0.0187 e. The summed E-state index contributed by atoms with van der Waals surface area (Å²) in [6.07, 6.45) is 1.01. The van der Waals surface area contributed by atoms with Gasteiger partial charge >= 0.3 is 0 Å². The van der Waals surface area contributed by atoms with Crippen LogP contribution in [-0.2, 0) is 11.8 Å². The highest BCUT2D eigenvalue weighted by Crippen LogP contribution is 2.33. The van der Waals surface area contributed by atoms with Crippen molar-refractivity contribution in [2.45, 2.75) is 18.8 Å². The number of hydrogen-bond acceptors (Lipinski definition) is 0. The average Bonchev–Trinajstić information content (AvgIpc) is 2.46. The van der Waals surface area contributed by atoms with Gasteiger partial charge in [-0.25, -0.2) is 0 Å². The minimum Gasteiger partial charge on any atom is -0.0918 e. The van der Waals surface area contributed by atoms with Crippen LogP contribution in [0.25, 0.3) is 0 Å². The Balaban J connectivity index is 2.36. The van der Waals surface area contributed by atoms with E-state index in [4.69, 9.17) is 0 Å². The second-order valence-electron chi connectivity index (χ2n) is 5.22. The van der Waals surface area contributed by atoms with E-state index in [1.165, 1.54) is 16.7 Å². The molecule has 0 bridgehead atoms. The van der Waals surface area contributed by atoms with Crippen LogP contribution >= 0.6 is 47.8 Å². The van der Waals surface area contributed by atoms with Crippen molar-refractivity contribution in [3.8, 4) is 0 Å². The van der Waals surface area contributed by atoms with Gasteiger partial charge in [0.15, 0.2) is 0 Å². The molecule has 0 aromatic heterocycles. The molecule has 0 atom stereocenters. The van der Waals surface area contributed by atoms with E-state index in [2.05, 4.69) is 103 Å². The van der Waals surface area contributed by atoms with Crippen LogP contribution in [0.4, 0.5) is 0 Å². The Bertz CT molecular complexity index is 557. The number of halogens is 3. The van der Waals surface area contributed by atoms with Crippen LogP contribution in [0.1, 0.15) is 16.7 Å². The van der Waals surface area contributed by atoms with E-state index in [9.17, 15) is 0 Å². The van der Waals surface area contributed by atoms with Crippen LogP contribution in [0.15, 0.2) is 53.0 Å². The summed E-state index contributed by atoms with van der Waals surface area (Å²) in [5.74, 6) is 0. The maximum absolute atomic E-state index is 3.72. The van der Waals surface area contributed by atoms with Crippen molar-refractivity contribution in [1.82, 2.24) is 0 Å². The summed E-state index contributed by atoms with van der Waals surface area (Å²) < 4.78 is 1.14. The zero-order valence-corrected chi connectivity index (χ0v) is 16.1. The second kappa shape index (κ2) is 7.24. The van der Waals surface area contributed by atoms with E-state index in [-0.39, 0.29) is 5.41 Å². The molecule has 2 aromatic rings. The van der Waals surface area contributed by atoms with Crippen molar-refractivity contribution >= 4 is 47.8 Å². The van der Waals surface area contributed by atoms with Crippen molar-refractivity contribution in [2.75, 3.05) is 10.7 Å². The van der Waals surface area contributed by atoms with Crippen LogP contribution in [0.2, 0.25) is 0 Å². The SMILES string of the molecule is Cc1ccc(C(CBr)(CBr)Cc2cccc(Br)c2)cc1. The van der Waals surface area contributed by atoms with E-state index in [0.29, 0.717) is 0 Å². The Hall–Kier alpha value is -0.120. The number of rotatable bonds is 5. The highest BCUT2D eigenvalue weighted by Gasteiger charge is 2.30. The van der Waals surface area contributed by atoms with Gasteiger partial charge in [0.25, 0.3) is 0 Å². The molecule has 0 saturated heterocycles. The predicted molar refractivity (Wildman–Crippen MR) is 98.3 cm³/mol. The molecule has 0 nitrogen and oxygen atoms in total. The van der Waals surface area contributed by atoms with E-state index in [0.717, 1.165) is 21.6 Å². The van der Waals surface area contributed by atoms with Gasteiger partial charge in [0.05, 0.1) is 0 Å². The molecule has 0 unspecified atom stereocenters. The molecular weight excluding hydrogens is 444 g/mol. The fraction of sp³-hybridized carbons (Fsp3) is 0.294. The molecule has 0 saturated carbocycles. The van der Waals surface area contributed by atoms with Gasteiger partial charge < -0.3 is 0 Å². The Morgan fingerprint density at radius 3 is 2.15 bits per heavy atom. The third-order valence-corrected chi connectivity index (χ3v) is 6.25. The van der Waals surface area contributed by atoms with E-state index < -0.39 is 0 Å². The third kappa shape index (κ3) is 3.75. The lowest BCUT2D eigenvalue weighted by Crippen LogP contribution is -2.33. The van der Waals surface area contributed by atoms with Gasteiger partial charge in [-0.3, -0.25) is 0 Å². The summed E-state index contributed by atoms with van der Waals surface area (Å²) in [4.78, 5) is 0. The molecule has 0 heterocycles. The predicted octanol–water partition coefficient (Wildman–Crippen LogP) is 6.03. The highest BCUT2D eigenvalue weighted by atomic mass is 79.9. The van der Waals surface area contributed by atoms with Gasteiger partial charge in [0, 0.05) is 20.5 Å². The zero-order valence-electron chi connectivity index (χ0n) is 11.4. The molecular formula is C17H17Br3. The molecule has 3 heteroatoms. The number of benzene rings is 2. The van der Waals surface area contributed by atoms with Crippen LogP contribution in [-0.4, -0.2) is 10.7 Å². The number of aryl methyl sites for hydroxylation is 1. The maximum atomic E-state index is 3.72. The third-order valence-electron chi connectivity index (χ3n) is 3.61. The molecule has 0 aliphatic rings. The van der Waals surface area contributed by atoms with Gasteiger partial charge in [-0.05, 0) is 36.6 Å². The molecule has 0 amide bonds. The molecule has 0 fully saturated rings. The molecule has 0 spiro atoms. The van der Waals surface area contributed by atoms with Gasteiger partial charge in [-0.2, -0.15) is 0 Å². The van der Waals surface area contributed by atoms with Gasteiger partial charge in [-0.15, -0.1) is 0 Å². The van der Waals surface area contributed by atoms with Crippen molar-refractivity contribution in [1.29, 1.82) is 0 Å². The molecule has 0 radical (unpaired) electrons. The summed E-state index contributed by atoms with van der Waals surface area (Å²) in [5.41, 5.74) is 4.10. The Kier molecular flexibility index (Phi) is 5.88. The lowest BCUT2D eigenvalue weighted by atomic mass is 9.79. The monoisotopic (exact) mass is 458 g/mol. The largest absolute Gasteiger partial charge is 0.0918 e. The summed E-state index contributed by atoms with van der Waals surface area (Å²) in [5, 5.41) is 1.86. The molecule has 0 aliphatic heterocycles.